The Morgan fingerprint density at radius 3 is 2.67 bits per heavy atom. The fourth-order valence-electron chi connectivity index (χ4n) is 2.41. The van der Waals surface area contributed by atoms with Crippen LogP contribution in [-0.2, 0) is 16.1 Å². The summed E-state index contributed by atoms with van der Waals surface area (Å²) in [7, 11) is 0. The lowest BCUT2D eigenvalue weighted by Crippen LogP contribution is -2.23. The molecule has 0 aliphatic heterocycles. The fourth-order valence-corrected chi connectivity index (χ4v) is 2.41. The monoisotopic (exact) mass is 367 g/mol. The SMILES string of the molecule is CCCCOCCCNC(=O)/C=C/c1cccc(OCc2ccccc2)c1. The van der Waals surface area contributed by atoms with Gasteiger partial charge in [0.1, 0.15) is 12.4 Å². The number of benzene rings is 2. The van der Waals surface area contributed by atoms with Gasteiger partial charge in [0.25, 0.3) is 0 Å². The van der Waals surface area contributed by atoms with Crippen LogP contribution in [0.4, 0.5) is 0 Å². The van der Waals surface area contributed by atoms with Gasteiger partial charge in [0.2, 0.25) is 5.91 Å². The van der Waals surface area contributed by atoms with Crippen molar-refractivity contribution in [3.63, 3.8) is 0 Å². The normalized spacial score (nSPS) is 10.9. The molecule has 144 valence electrons. The molecule has 0 atom stereocenters. The molecule has 0 aromatic heterocycles. The minimum Gasteiger partial charge on any atom is -0.489 e. The van der Waals surface area contributed by atoms with Crippen molar-refractivity contribution in [1.29, 1.82) is 0 Å². The highest BCUT2D eigenvalue weighted by atomic mass is 16.5. The molecule has 1 amide bonds. The van der Waals surface area contributed by atoms with Gasteiger partial charge >= 0.3 is 0 Å². The Morgan fingerprint density at radius 2 is 1.85 bits per heavy atom. The molecule has 0 aliphatic rings. The number of hydrogen-bond acceptors (Lipinski definition) is 3. The second kappa shape index (κ2) is 12.7. The second-order valence-corrected chi connectivity index (χ2v) is 6.29. The molecule has 2 rings (SSSR count). The van der Waals surface area contributed by atoms with E-state index >= 15 is 0 Å². The van der Waals surface area contributed by atoms with Crippen LogP contribution in [0.25, 0.3) is 6.08 Å². The van der Waals surface area contributed by atoms with Crippen LogP contribution in [0.3, 0.4) is 0 Å². The second-order valence-electron chi connectivity index (χ2n) is 6.29. The van der Waals surface area contributed by atoms with Crippen molar-refractivity contribution >= 4 is 12.0 Å². The van der Waals surface area contributed by atoms with E-state index in [-0.39, 0.29) is 5.91 Å². The molecule has 2 aromatic carbocycles. The predicted octanol–water partition coefficient (Wildman–Crippen LogP) is 4.60. The molecule has 0 bridgehead atoms. The first-order valence-electron chi connectivity index (χ1n) is 9.58. The number of unbranched alkanes of at least 4 members (excludes halogenated alkanes) is 1. The number of carbonyl (C=O) groups is 1. The molecule has 0 heterocycles. The molecule has 0 saturated heterocycles. The summed E-state index contributed by atoms with van der Waals surface area (Å²) in [5, 5.41) is 2.87. The van der Waals surface area contributed by atoms with E-state index in [1.165, 1.54) is 0 Å². The van der Waals surface area contributed by atoms with E-state index in [0.29, 0.717) is 19.8 Å². The Kier molecular flexibility index (Phi) is 9.76. The summed E-state index contributed by atoms with van der Waals surface area (Å²) in [5.74, 6) is 0.685. The molecule has 0 fully saturated rings. The number of hydrogen-bond donors (Lipinski definition) is 1. The molecule has 0 radical (unpaired) electrons. The largest absolute Gasteiger partial charge is 0.489 e. The summed E-state index contributed by atoms with van der Waals surface area (Å²) in [4.78, 5) is 11.9. The third kappa shape index (κ3) is 9.06. The van der Waals surface area contributed by atoms with E-state index in [4.69, 9.17) is 9.47 Å². The highest BCUT2D eigenvalue weighted by Gasteiger charge is 1.98. The van der Waals surface area contributed by atoms with E-state index in [2.05, 4.69) is 12.2 Å². The quantitative estimate of drug-likeness (QED) is 0.440. The Bertz CT molecular complexity index is 698. The maximum Gasteiger partial charge on any atom is 0.244 e. The van der Waals surface area contributed by atoms with Gasteiger partial charge in [0.15, 0.2) is 0 Å². The molecule has 27 heavy (non-hydrogen) atoms. The van der Waals surface area contributed by atoms with E-state index in [1.54, 1.807) is 12.2 Å². The van der Waals surface area contributed by atoms with E-state index < -0.39 is 0 Å². The summed E-state index contributed by atoms with van der Waals surface area (Å²) < 4.78 is 11.3. The van der Waals surface area contributed by atoms with Crippen LogP contribution < -0.4 is 10.1 Å². The Balaban J connectivity index is 1.70. The van der Waals surface area contributed by atoms with E-state index in [1.807, 2.05) is 54.6 Å². The zero-order valence-corrected chi connectivity index (χ0v) is 16.0. The third-order valence-corrected chi connectivity index (χ3v) is 3.94. The van der Waals surface area contributed by atoms with Crippen molar-refractivity contribution in [2.24, 2.45) is 0 Å². The number of ether oxygens (including phenoxy) is 2. The molecule has 0 saturated carbocycles. The maximum atomic E-state index is 11.9. The average molecular weight is 367 g/mol. The molecule has 1 N–H and O–H groups in total. The molecular weight excluding hydrogens is 338 g/mol. The highest BCUT2D eigenvalue weighted by Crippen LogP contribution is 2.16. The van der Waals surface area contributed by atoms with Crippen LogP contribution in [0.1, 0.15) is 37.3 Å². The summed E-state index contributed by atoms with van der Waals surface area (Å²) >= 11 is 0. The molecule has 4 nitrogen and oxygen atoms in total. The van der Waals surface area contributed by atoms with Crippen LogP contribution in [0.2, 0.25) is 0 Å². The Morgan fingerprint density at radius 1 is 1.04 bits per heavy atom. The van der Waals surface area contributed by atoms with Gasteiger partial charge in [-0.25, -0.2) is 0 Å². The first kappa shape index (κ1) is 20.7. The summed E-state index contributed by atoms with van der Waals surface area (Å²) in [6, 6.07) is 17.7. The molecule has 0 spiro atoms. The highest BCUT2D eigenvalue weighted by molar-refractivity contribution is 5.91. The van der Waals surface area contributed by atoms with Crippen LogP contribution >= 0.6 is 0 Å². The summed E-state index contributed by atoms with van der Waals surface area (Å²) in [5.41, 5.74) is 2.05. The van der Waals surface area contributed by atoms with Gasteiger partial charge in [-0.05, 0) is 42.2 Å². The number of carbonyl (C=O) groups excluding carboxylic acids is 1. The van der Waals surface area contributed by atoms with E-state index in [0.717, 1.165) is 42.7 Å². The van der Waals surface area contributed by atoms with Crippen molar-refractivity contribution in [2.45, 2.75) is 32.8 Å². The fraction of sp³-hybridized carbons (Fsp3) is 0.348. The van der Waals surface area contributed by atoms with Crippen LogP contribution in [-0.4, -0.2) is 25.7 Å². The first-order chi connectivity index (χ1) is 13.3. The van der Waals surface area contributed by atoms with Gasteiger partial charge in [-0.15, -0.1) is 0 Å². The van der Waals surface area contributed by atoms with Crippen LogP contribution in [0.5, 0.6) is 5.75 Å². The van der Waals surface area contributed by atoms with E-state index in [9.17, 15) is 4.79 Å². The lowest BCUT2D eigenvalue weighted by Gasteiger charge is -2.07. The van der Waals surface area contributed by atoms with Crippen molar-refractivity contribution in [1.82, 2.24) is 5.32 Å². The van der Waals surface area contributed by atoms with Crippen LogP contribution in [0.15, 0.2) is 60.7 Å². The van der Waals surface area contributed by atoms with Crippen molar-refractivity contribution in [2.75, 3.05) is 19.8 Å². The van der Waals surface area contributed by atoms with Gasteiger partial charge in [0.05, 0.1) is 0 Å². The topological polar surface area (TPSA) is 47.6 Å². The summed E-state index contributed by atoms with van der Waals surface area (Å²) in [6.45, 7) is 4.77. The molecule has 0 aliphatic carbocycles. The molecule has 2 aromatic rings. The van der Waals surface area contributed by atoms with Crippen molar-refractivity contribution < 1.29 is 14.3 Å². The lowest BCUT2D eigenvalue weighted by molar-refractivity contribution is -0.116. The number of amides is 1. The van der Waals surface area contributed by atoms with Gasteiger partial charge in [-0.1, -0.05) is 55.8 Å². The van der Waals surface area contributed by atoms with Gasteiger partial charge in [-0.3, -0.25) is 4.79 Å². The maximum absolute atomic E-state index is 11.9. The first-order valence-corrected chi connectivity index (χ1v) is 9.58. The standard InChI is InChI=1S/C23H29NO3/c1-2-3-16-26-17-8-15-24-23(25)14-13-20-11-7-12-22(18-20)27-19-21-9-5-4-6-10-21/h4-7,9-14,18H,2-3,8,15-17,19H2,1H3,(H,24,25)/b14-13+. The third-order valence-electron chi connectivity index (χ3n) is 3.94. The molecule has 4 heteroatoms. The molecule has 0 unspecified atom stereocenters. The van der Waals surface area contributed by atoms with Crippen molar-refractivity contribution in [3.8, 4) is 5.75 Å². The Labute approximate surface area is 162 Å². The van der Waals surface area contributed by atoms with Crippen LogP contribution in [0, 0.1) is 0 Å². The number of rotatable bonds is 12. The van der Waals surface area contributed by atoms with Gasteiger partial charge in [0, 0.05) is 25.8 Å². The zero-order chi connectivity index (χ0) is 19.2. The number of nitrogens with one attached hydrogen (secondary N) is 1. The lowest BCUT2D eigenvalue weighted by atomic mass is 10.2. The Hall–Kier alpha value is -2.59. The zero-order valence-electron chi connectivity index (χ0n) is 16.0. The van der Waals surface area contributed by atoms with Crippen molar-refractivity contribution in [3.05, 3.63) is 71.8 Å². The minimum atomic E-state index is -0.0980. The summed E-state index contributed by atoms with van der Waals surface area (Å²) in [6.07, 6.45) is 6.39. The predicted molar refractivity (Wildman–Crippen MR) is 110 cm³/mol. The smallest absolute Gasteiger partial charge is 0.244 e. The van der Waals surface area contributed by atoms with Gasteiger partial charge in [-0.2, -0.15) is 0 Å². The minimum absolute atomic E-state index is 0.0980. The van der Waals surface area contributed by atoms with Gasteiger partial charge < -0.3 is 14.8 Å². The molecular formula is C23H29NO3. The average Bonchev–Trinajstić information content (AvgIpc) is 2.71.